The Kier molecular flexibility index (Phi) is 4.32. The van der Waals surface area contributed by atoms with Crippen molar-refractivity contribution in [3.8, 4) is 0 Å². The van der Waals surface area contributed by atoms with E-state index in [2.05, 4.69) is 15.6 Å². The smallest absolute Gasteiger partial charge is 0.307 e. The molecule has 3 rings (SSSR count). The summed E-state index contributed by atoms with van der Waals surface area (Å²) in [5, 5.41) is 17.0. The first kappa shape index (κ1) is 16.2. The van der Waals surface area contributed by atoms with Crippen LogP contribution in [-0.4, -0.2) is 15.9 Å². The Labute approximate surface area is 145 Å². The highest BCUT2D eigenvalue weighted by Crippen LogP contribution is 2.29. The number of non-ortho nitro benzene ring substituents is 1. The molecule has 0 aliphatic rings. The second-order valence-corrected chi connectivity index (χ2v) is 6.43. The maximum atomic E-state index is 12.1. The van der Waals surface area contributed by atoms with Gasteiger partial charge >= 0.3 is 6.03 Å². The van der Waals surface area contributed by atoms with Gasteiger partial charge in [0.1, 0.15) is 0 Å². The van der Waals surface area contributed by atoms with Gasteiger partial charge in [-0.3, -0.25) is 15.4 Å². The van der Waals surface area contributed by atoms with Gasteiger partial charge in [-0.1, -0.05) is 29.0 Å². The van der Waals surface area contributed by atoms with E-state index >= 15 is 0 Å². The van der Waals surface area contributed by atoms with Crippen LogP contribution < -0.4 is 10.6 Å². The third kappa shape index (κ3) is 3.44. The molecule has 2 N–H and O–H groups in total. The molecule has 2 aromatic carbocycles. The molecule has 0 saturated heterocycles. The number of nitro groups is 1. The summed E-state index contributed by atoms with van der Waals surface area (Å²) < 4.78 is 0.624. The monoisotopic (exact) mass is 362 g/mol. The summed E-state index contributed by atoms with van der Waals surface area (Å²) in [6.07, 6.45) is 0. The predicted octanol–water partition coefficient (Wildman–Crippen LogP) is 4.81. The van der Waals surface area contributed by atoms with Gasteiger partial charge in [-0.05, 0) is 30.7 Å². The Morgan fingerprint density at radius 2 is 2.04 bits per heavy atom. The number of hydrogen-bond donors (Lipinski definition) is 2. The number of thiazole rings is 1. The molecule has 0 bridgehead atoms. The number of hydrogen-bond acceptors (Lipinski definition) is 5. The van der Waals surface area contributed by atoms with Crippen LogP contribution in [0.25, 0.3) is 10.2 Å². The number of nitrogens with one attached hydrogen (secondary N) is 2. The van der Waals surface area contributed by atoms with Crippen molar-refractivity contribution >= 4 is 55.7 Å². The molecule has 0 radical (unpaired) electrons. The van der Waals surface area contributed by atoms with Crippen molar-refractivity contribution < 1.29 is 9.72 Å². The van der Waals surface area contributed by atoms with Crippen molar-refractivity contribution in [3.63, 3.8) is 0 Å². The SMILES string of the molecule is Cc1ccc(Cl)cc1NC(=O)Nc1nc2ccc([N+](=O)[O-])cc2s1. The number of nitrogens with zero attached hydrogens (tertiary/aromatic N) is 2. The Morgan fingerprint density at radius 3 is 2.79 bits per heavy atom. The first-order valence-corrected chi connectivity index (χ1v) is 8.01. The van der Waals surface area contributed by atoms with E-state index in [9.17, 15) is 14.9 Å². The Hall–Kier alpha value is -2.71. The van der Waals surface area contributed by atoms with Crippen molar-refractivity contribution in [1.82, 2.24) is 4.98 Å². The van der Waals surface area contributed by atoms with Crippen LogP contribution in [0.2, 0.25) is 5.02 Å². The van der Waals surface area contributed by atoms with Crippen LogP contribution in [-0.2, 0) is 0 Å². The average Bonchev–Trinajstić information content (AvgIpc) is 2.91. The summed E-state index contributed by atoms with van der Waals surface area (Å²) in [7, 11) is 0. The first-order valence-electron chi connectivity index (χ1n) is 6.81. The lowest BCUT2D eigenvalue weighted by molar-refractivity contribution is -0.384. The van der Waals surface area contributed by atoms with E-state index in [4.69, 9.17) is 11.6 Å². The van der Waals surface area contributed by atoms with Gasteiger partial charge in [-0.2, -0.15) is 0 Å². The first-order chi connectivity index (χ1) is 11.4. The van der Waals surface area contributed by atoms with Crippen LogP contribution in [0.4, 0.5) is 21.3 Å². The summed E-state index contributed by atoms with van der Waals surface area (Å²) in [6, 6.07) is 9.08. The molecule has 0 aliphatic carbocycles. The number of urea groups is 1. The second-order valence-electron chi connectivity index (χ2n) is 4.97. The number of amides is 2. The van der Waals surface area contributed by atoms with Crippen LogP contribution in [0, 0.1) is 17.0 Å². The van der Waals surface area contributed by atoms with E-state index in [1.165, 1.54) is 12.1 Å². The lowest BCUT2D eigenvalue weighted by Crippen LogP contribution is -2.19. The third-order valence-corrected chi connectivity index (χ3v) is 4.42. The fourth-order valence-electron chi connectivity index (χ4n) is 2.06. The van der Waals surface area contributed by atoms with E-state index < -0.39 is 11.0 Å². The number of aromatic nitrogens is 1. The maximum Gasteiger partial charge on any atom is 0.325 e. The quantitative estimate of drug-likeness (QED) is 0.516. The van der Waals surface area contributed by atoms with Crippen molar-refractivity contribution in [3.05, 3.63) is 57.1 Å². The van der Waals surface area contributed by atoms with E-state index in [1.807, 2.05) is 6.92 Å². The topological polar surface area (TPSA) is 97.2 Å². The summed E-state index contributed by atoms with van der Waals surface area (Å²) >= 11 is 7.08. The molecular weight excluding hydrogens is 352 g/mol. The fourth-order valence-corrected chi connectivity index (χ4v) is 3.13. The van der Waals surface area contributed by atoms with Gasteiger partial charge in [0, 0.05) is 22.8 Å². The van der Waals surface area contributed by atoms with E-state index in [0.717, 1.165) is 16.9 Å². The molecule has 1 heterocycles. The summed E-state index contributed by atoms with van der Waals surface area (Å²) in [5.74, 6) is 0. The minimum Gasteiger partial charge on any atom is -0.307 e. The summed E-state index contributed by atoms with van der Waals surface area (Å²) in [6.45, 7) is 1.85. The van der Waals surface area contributed by atoms with Crippen LogP contribution in [0.5, 0.6) is 0 Å². The van der Waals surface area contributed by atoms with Crippen molar-refractivity contribution in [2.45, 2.75) is 6.92 Å². The molecular formula is C15H11ClN4O3S. The number of rotatable bonds is 3. The number of aryl methyl sites for hydroxylation is 1. The Bertz CT molecular complexity index is 957. The summed E-state index contributed by atoms with van der Waals surface area (Å²) in [4.78, 5) is 26.6. The molecule has 122 valence electrons. The standard InChI is InChI=1S/C15H11ClN4O3S/c1-8-2-3-9(16)6-12(8)17-14(21)19-15-18-11-5-4-10(20(22)23)7-13(11)24-15/h2-7H,1H3,(H2,17,18,19,21). The van der Waals surface area contributed by atoms with Crippen LogP contribution in [0.3, 0.4) is 0 Å². The molecule has 0 aliphatic heterocycles. The third-order valence-electron chi connectivity index (χ3n) is 3.25. The molecule has 9 heteroatoms. The molecule has 0 atom stereocenters. The van der Waals surface area contributed by atoms with Crippen molar-refractivity contribution in [2.24, 2.45) is 0 Å². The predicted molar refractivity (Wildman–Crippen MR) is 95.1 cm³/mol. The molecule has 24 heavy (non-hydrogen) atoms. The molecule has 1 aromatic heterocycles. The summed E-state index contributed by atoms with van der Waals surface area (Å²) in [5.41, 5.74) is 2.03. The highest BCUT2D eigenvalue weighted by molar-refractivity contribution is 7.22. The number of carbonyl (C=O) groups is 1. The van der Waals surface area contributed by atoms with Gasteiger partial charge in [0.15, 0.2) is 5.13 Å². The minimum absolute atomic E-state index is 0.0169. The van der Waals surface area contributed by atoms with Gasteiger partial charge < -0.3 is 5.32 Å². The van der Waals surface area contributed by atoms with Crippen LogP contribution in [0.1, 0.15) is 5.56 Å². The minimum atomic E-state index is -0.471. The van der Waals surface area contributed by atoms with Crippen LogP contribution in [0.15, 0.2) is 36.4 Å². The van der Waals surface area contributed by atoms with Crippen LogP contribution >= 0.6 is 22.9 Å². The molecule has 0 saturated carbocycles. The highest BCUT2D eigenvalue weighted by atomic mass is 35.5. The number of anilines is 2. The zero-order valence-electron chi connectivity index (χ0n) is 12.4. The van der Waals surface area contributed by atoms with Crippen molar-refractivity contribution in [2.75, 3.05) is 10.6 Å². The Morgan fingerprint density at radius 1 is 1.25 bits per heavy atom. The Balaban J connectivity index is 1.78. The number of halogens is 1. The number of fused-ring (bicyclic) bond motifs is 1. The lowest BCUT2D eigenvalue weighted by atomic mass is 10.2. The molecule has 0 fully saturated rings. The zero-order valence-corrected chi connectivity index (χ0v) is 13.9. The second kappa shape index (κ2) is 6.42. The maximum absolute atomic E-state index is 12.1. The van der Waals surface area contributed by atoms with E-state index in [0.29, 0.717) is 26.1 Å². The molecule has 2 amide bonds. The van der Waals surface area contributed by atoms with Gasteiger partial charge in [0.25, 0.3) is 5.69 Å². The molecule has 0 unspecified atom stereocenters. The van der Waals surface area contributed by atoms with Crippen molar-refractivity contribution in [1.29, 1.82) is 0 Å². The largest absolute Gasteiger partial charge is 0.325 e. The highest BCUT2D eigenvalue weighted by Gasteiger charge is 2.12. The average molecular weight is 363 g/mol. The van der Waals surface area contributed by atoms with Gasteiger partial charge in [-0.25, -0.2) is 9.78 Å². The molecule has 3 aromatic rings. The zero-order chi connectivity index (χ0) is 17.3. The molecule has 7 nitrogen and oxygen atoms in total. The lowest BCUT2D eigenvalue weighted by Gasteiger charge is -2.08. The fraction of sp³-hybridized carbons (Fsp3) is 0.0667. The van der Waals surface area contributed by atoms with Gasteiger partial charge in [0.05, 0.1) is 15.1 Å². The number of carbonyl (C=O) groups excluding carboxylic acids is 1. The number of benzene rings is 2. The van der Waals surface area contributed by atoms with E-state index in [1.54, 1.807) is 24.3 Å². The van der Waals surface area contributed by atoms with Gasteiger partial charge in [-0.15, -0.1) is 0 Å². The van der Waals surface area contributed by atoms with Gasteiger partial charge in [0.2, 0.25) is 0 Å². The number of nitro benzene ring substituents is 1. The molecule has 0 spiro atoms. The normalized spacial score (nSPS) is 10.6. The van der Waals surface area contributed by atoms with E-state index in [-0.39, 0.29) is 5.69 Å².